The number of anilines is 1. The Bertz CT molecular complexity index is 980. The van der Waals surface area contributed by atoms with E-state index in [9.17, 15) is 4.79 Å². The van der Waals surface area contributed by atoms with Crippen molar-refractivity contribution in [3.8, 4) is 0 Å². The van der Waals surface area contributed by atoms with E-state index in [4.69, 9.17) is 10.2 Å². The number of allylic oxidation sites excluding steroid dienone is 4. The fourth-order valence-electron chi connectivity index (χ4n) is 5.32. The van der Waals surface area contributed by atoms with Crippen LogP contribution in [0.15, 0.2) is 36.4 Å². The number of imidazole rings is 1. The number of rotatable bonds is 9. The highest BCUT2D eigenvalue weighted by molar-refractivity contribution is 6.77. The van der Waals surface area contributed by atoms with Gasteiger partial charge in [-0.2, -0.15) is 0 Å². The molecule has 0 bridgehead atoms. The number of aromatic nitrogens is 2. The standard InChI is InChI=1S/C25H37N3O2Si/c1-17(2)31(18(3)4,19(5)6)30-15-9-14-28-23-13-12-20(16-22(23)27-25(28)26)21-10-7-8-11-24(21)29/h7-8,10,12-13,16-19H,9,11,14-15H2,1-6H3,(H2,26,27). The smallest absolute Gasteiger partial charge is 0.201 e. The van der Waals surface area contributed by atoms with Crippen LogP contribution in [0.2, 0.25) is 16.6 Å². The molecule has 0 amide bonds. The van der Waals surface area contributed by atoms with E-state index in [1.54, 1.807) is 0 Å². The normalized spacial score (nSPS) is 15.0. The van der Waals surface area contributed by atoms with Crippen LogP contribution in [-0.2, 0) is 15.8 Å². The van der Waals surface area contributed by atoms with Gasteiger partial charge in [-0.05, 0) is 40.7 Å². The molecular weight excluding hydrogens is 402 g/mol. The lowest BCUT2D eigenvalue weighted by Gasteiger charge is -2.42. The van der Waals surface area contributed by atoms with Gasteiger partial charge in [0, 0.05) is 25.1 Å². The van der Waals surface area contributed by atoms with Gasteiger partial charge in [0.1, 0.15) is 0 Å². The minimum atomic E-state index is -1.85. The molecule has 0 spiro atoms. The number of carbonyl (C=O) groups excluding carboxylic acids is 1. The summed E-state index contributed by atoms with van der Waals surface area (Å²) in [6, 6.07) is 5.99. The highest BCUT2D eigenvalue weighted by Gasteiger charge is 2.44. The molecule has 1 aromatic carbocycles. The Morgan fingerprint density at radius 1 is 1.13 bits per heavy atom. The molecular formula is C25H37N3O2Si. The maximum absolute atomic E-state index is 12.2. The predicted octanol–water partition coefficient (Wildman–Crippen LogP) is 6.11. The fraction of sp³-hybridized carbons (Fsp3) is 0.520. The maximum Gasteiger partial charge on any atom is 0.201 e. The van der Waals surface area contributed by atoms with E-state index in [0.717, 1.165) is 41.7 Å². The van der Waals surface area contributed by atoms with Gasteiger partial charge in [0.2, 0.25) is 5.95 Å². The molecule has 0 unspecified atom stereocenters. The van der Waals surface area contributed by atoms with Crippen LogP contribution in [0.5, 0.6) is 0 Å². The van der Waals surface area contributed by atoms with Crippen LogP contribution < -0.4 is 5.73 Å². The number of nitrogen functional groups attached to an aromatic ring is 1. The van der Waals surface area contributed by atoms with E-state index in [1.807, 2.05) is 36.4 Å². The highest BCUT2D eigenvalue weighted by Crippen LogP contribution is 2.42. The van der Waals surface area contributed by atoms with Gasteiger partial charge in [0.15, 0.2) is 14.1 Å². The Kier molecular flexibility index (Phi) is 7.22. The molecule has 5 nitrogen and oxygen atoms in total. The van der Waals surface area contributed by atoms with Crippen LogP contribution in [0, 0.1) is 0 Å². The number of ketones is 1. The third-order valence-corrected chi connectivity index (χ3v) is 12.8. The van der Waals surface area contributed by atoms with Crippen LogP contribution in [0.25, 0.3) is 16.6 Å². The van der Waals surface area contributed by atoms with Crippen molar-refractivity contribution < 1.29 is 9.22 Å². The number of nitrogens with zero attached hydrogens (tertiary/aromatic N) is 2. The number of fused-ring (bicyclic) bond motifs is 1. The average Bonchev–Trinajstić information content (AvgIpc) is 3.01. The summed E-state index contributed by atoms with van der Waals surface area (Å²) in [6.07, 6.45) is 7.04. The van der Waals surface area contributed by atoms with Gasteiger partial charge in [-0.1, -0.05) is 65.8 Å². The first-order valence-electron chi connectivity index (χ1n) is 11.5. The Balaban J connectivity index is 1.74. The zero-order valence-corrected chi connectivity index (χ0v) is 20.8. The quantitative estimate of drug-likeness (QED) is 0.378. The molecule has 31 heavy (non-hydrogen) atoms. The topological polar surface area (TPSA) is 70.1 Å². The summed E-state index contributed by atoms with van der Waals surface area (Å²) in [5.41, 5.74) is 11.5. The molecule has 1 aromatic heterocycles. The Morgan fingerprint density at radius 3 is 2.42 bits per heavy atom. The van der Waals surface area contributed by atoms with E-state index in [2.05, 4.69) is 51.1 Å². The van der Waals surface area contributed by atoms with Crippen molar-refractivity contribution in [2.75, 3.05) is 12.3 Å². The predicted molar refractivity (Wildman–Crippen MR) is 133 cm³/mol. The second-order valence-corrected chi connectivity index (χ2v) is 14.9. The molecule has 0 saturated carbocycles. The largest absolute Gasteiger partial charge is 0.416 e. The molecule has 168 valence electrons. The molecule has 6 heteroatoms. The van der Waals surface area contributed by atoms with Gasteiger partial charge in [0.25, 0.3) is 0 Å². The van der Waals surface area contributed by atoms with Crippen molar-refractivity contribution in [1.29, 1.82) is 0 Å². The van der Waals surface area contributed by atoms with Gasteiger partial charge in [0.05, 0.1) is 11.0 Å². The lowest BCUT2D eigenvalue weighted by molar-refractivity contribution is -0.113. The summed E-state index contributed by atoms with van der Waals surface area (Å²) < 4.78 is 8.75. The van der Waals surface area contributed by atoms with Crippen molar-refractivity contribution in [2.24, 2.45) is 0 Å². The van der Waals surface area contributed by atoms with Gasteiger partial charge in [-0.25, -0.2) is 4.98 Å². The summed E-state index contributed by atoms with van der Waals surface area (Å²) >= 11 is 0. The molecule has 0 saturated heterocycles. The van der Waals surface area contributed by atoms with E-state index in [1.165, 1.54) is 0 Å². The Hall–Kier alpha value is -2.18. The van der Waals surface area contributed by atoms with Crippen molar-refractivity contribution >= 4 is 36.7 Å². The summed E-state index contributed by atoms with van der Waals surface area (Å²) in [7, 11) is -1.85. The van der Waals surface area contributed by atoms with Crippen molar-refractivity contribution in [3.05, 3.63) is 42.0 Å². The summed E-state index contributed by atoms with van der Waals surface area (Å²) in [5, 5.41) is 0. The van der Waals surface area contributed by atoms with Gasteiger partial charge in [-0.3, -0.25) is 4.79 Å². The SMILES string of the molecule is CC(C)[Si](OCCCn1c(N)nc2cc(C3=CC=CCC3=O)ccc21)(C(C)C)C(C)C. The van der Waals surface area contributed by atoms with Crippen LogP contribution in [-0.4, -0.2) is 30.3 Å². The molecule has 0 radical (unpaired) electrons. The van der Waals surface area contributed by atoms with Crippen LogP contribution in [0.4, 0.5) is 5.95 Å². The number of hydrogen-bond acceptors (Lipinski definition) is 4. The second kappa shape index (κ2) is 9.53. The molecule has 0 atom stereocenters. The summed E-state index contributed by atoms with van der Waals surface area (Å²) in [5.74, 6) is 0.649. The molecule has 1 heterocycles. The van der Waals surface area contributed by atoms with Crippen molar-refractivity contribution in [3.63, 3.8) is 0 Å². The lowest BCUT2D eigenvalue weighted by atomic mass is 9.96. The van der Waals surface area contributed by atoms with Gasteiger partial charge in [-0.15, -0.1) is 0 Å². The maximum atomic E-state index is 12.2. The third kappa shape index (κ3) is 4.55. The number of hydrogen-bond donors (Lipinski definition) is 1. The van der Waals surface area contributed by atoms with Gasteiger partial charge < -0.3 is 14.7 Å². The molecule has 2 N–H and O–H groups in total. The van der Waals surface area contributed by atoms with E-state index >= 15 is 0 Å². The highest BCUT2D eigenvalue weighted by atomic mass is 28.4. The van der Waals surface area contributed by atoms with Crippen molar-refractivity contribution in [1.82, 2.24) is 9.55 Å². The third-order valence-electron chi connectivity index (χ3n) is 6.68. The van der Waals surface area contributed by atoms with Crippen LogP contribution >= 0.6 is 0 Å². The summed E-state index contributed by atoms with van der Waals surface area (Å²) in [4.78, 5) is 16.8. The lowest BCUT2D eigenvalue weighted by Crippen LogP contribution is -2.48. The van der Waals surface area contributed by atoms with Crippen LogP contribution in [0.3, 0.4) is 0 Å². The minimum Gasteiger partial charge on any atom is -0.416 e. The molecule has 3 rings (SSSR count). The monoisotopic (exact) mass is 439 g/mol. The number of Topliss-reactive ketones (excluding diaryl/α,β-unsaturated/α-hetero) is 1. The molecule has 1 aliphatic carbocycles. The van der Waals surface area contributed by atoms with E-state index < -0.39 is 8.32 Å². The fourth-order valence-corrected chi connectivity index (χ4v) is 10.8. The first kappa shape index (κ1) is 23.5. The first-order valence-corrected chi connectivity index (χ1v) is 13.6. The second-order valence-electron chi connectivity index (χ2n) is 9.48. The Labute approximate surface area is 187 Å². The van der Waals surface area contributed by atoms with Crippen LogP contribution in [0.1, 0.15) is 59.9 Å². The Morgan fingerprint density at radius 2 is 1.81 bits per heavy atom. The zero-order chi connectivity index (χ0) is 22.8. The molecule has 2 aromatic rings. The van der Waals surface area contributed by atoms with Gasteiger partial charge >= 0.3 is 0 Å². The minimum absolute atomic E-state index is 0.138. The number of nitrogens with two attached hydrogens (primary N) is 1. The number of benzene rings is 1. The molecule has 0 aliphatic heterocycles. The van der Waals surface area contributed by atoms with E-state index in [-0.39, 0.29) is 5.78 Å². The van der Waals surface area contributed by atoms with Crippen molar-refractivity contribution in [2.45, 2.75) is 77.6 Å². The zero-order valence-electron chi connectivity index (χ0n) is 19.8. The first-order chi connectivity index (χ1) is 14.7. The molecule has 1 aliphatic rings. The number of carbonyl (C=O) groups is 1. The molecule has 0 fully saturated rings. The van der Waals surface area contributed by atoms with E-state index in [0.29, 0.717) is 29.0 Å². The number of aryl methyl sites for hydroxylation is 1. The average molecular weight is 440 g/mol. The summed E-state index contributed by atoms with van der Waals surface area (Å²) in [6.45, 7) is 15.4.